The van der Waals surface area contributed by atoms with Gasteiger partial charge in [0.2, 0.25) is 0 Å². The Labute approximate surface area is 168 Å². The molecular weight excluding hydrogens is 418 g/mol. The van der Waals surface area contributed by atoms with Crippen LogP contribution >= 0.6 is 11.3 Å². The van der Waals surface area contributed by atoms with E-state index in [9.17, 15) is 31.1 Å². The molecule has 0 amide bonds. The van der Waals surface area contributed by atoms with Crippen LogP contribution in [0.2, 0.25) is 0 Å². The van der Waals surface area contributed by atoms with Crippen molar-refractivity contribution in [2.75, 3.05) is 0 Å². The lowest BCUT2D eigenvalue weighted by Gasteiger charge is -2.24. The fraction of sp³-hybridized carbons (Fsp3) is 0.450. The summed E-state index contributed by atoms with van der Waals surface area (Å²) in [7, 11) is 0. The molecule has 2 aromatic rings. The largest absolute Gasteiger partial charge is 0.460 e. The van der Waals surface area contributed by atoms with Crippen molar-refractivity contribution < 1.29 is 35.9 Å². The van der Waals surface area contributed by atoms with E-state index in [1.165, 1.54) is 11.3 Å². The van der Waals surface area contributed by atoms with Gasteiger partial charge < -0.3 is 4.74 Å². The Hall–Kier alpha value is -2.03. The molecule has 0 fully saturated rings. The Morgan fingerprint density at radius 3 is 1.93 bits per heavy atom. The third-order valence-electron chi connectivity index (χ3n) is 3.90. The number of thiophene rings is 1. The van der Waals surface area contributed by atoms with Crippen molar-refractivity contribution in [3.8, 4) is 0 Å². The van der Waals surface area contributed by atoms with Crippen LogP contribution in [0, 0.1) is 5.92 Å². The highest BCUT2D eigenvalue weighted by Gasteiger charge is 2.37. The van der Waals surface area contributed by atoms with Gasteiger partial charge in [-0.1, -0.05) is 6.07 Å². The van der Waals surface area contributed by atoms with E-state index in [1.807, 2.05) is 0 Å². The zero-order chi connectivity index (χ0) is 22.0. The molecule has 2 rings (SSSR count). The van der Waals surface area contributed by atoms with Crippen molar-refractivity contribution in [1.82, 2.24) is 0 Å². The first kappa shape index (κ1) is 23.3. The summed E-state index contributed by atoms with van der Waals surface area (Å²) in [4.78, 5) is 13.4. The van der Waals surface area contributed by atoms with E-state index in [0.29, 0.717) is 12.1 Å². The van der Waals surface area contributed by atoms with Gasteiger partial charge in [0, 0.05) is 4.88 Å². The molecule has 0 N–H and O–H groups in total. The van der Waals surface area contributed by atoms with Crippen LogP contribution in [0.25, 0.3) is 0 Å². The molecule has 0 saturated carbocycles. The molecular formula is C20H20F6O2S. The monoisotopic (exact) mass is 438 g/mol. The fourth-order valence-electron chi connectivity index (χ4n) is 2.72. The summed E-state index contributed by atoms with van der Waals surface area (Å²) in [5.74, 6) is -1.59. The van der Waals surface area contributed by atoms with E-state index in [0.717, 1.165) is 4.88 Å². The van der Waals surface area contributed by atoms with E-state index in [2.05, 4.69) is 0 Å². The van der Waals surface area contributed by atoms with Crippen LogP contribution in [0.1, 0.15) is 42.3 Å². The number of benzene rings is 1. The standard InChI is InChI=1S/C20H20F6O2S/c1-18(2,3)28-17(27)13(10-16-5-4-6-29-16)7-12-8-14(19(21,22)23)11-15(9-12)20(24,25)26/h4-6,8-9,11,13H,7,10H2,1-3H3/t13-/m1/s1. The van der Waals surface area contributed by atoms with Crippen LogP contribution in [-0.4, -0.2) is 11.6 Å². The Balaban J connectivity index is 2.41. The SMILES string of the molecule is CC(C)(C)OC(=O)[C@H](Cc1cc(C(F)(F)F)cc(C(F)(F)F)c1)Cc1cccs1. The topological polar surface area (TPSA) is 26.3 Å². The van der Waals surface area contributed by atoms with Gasteiger partial charge in [0.1, 0.15) is 5.60 Å². The molecule has 0 radical (unpaired) electrons. The van der Waals surface area contributed by atoms with Crippen LogP contribution < -0.4 is 0 Å². The molecule has 1 aromatic carbocycles. The molecule has 160 valence electrons. The zero-order valence-corrected chi connectivity index (χ0v) is 16.8. The normalized spacial score (nSPS) is 14.0. The summed E-state index contributed by atoms with van der Waals surface area (Å²) in [5.41, 5.74) is -3.86. The quantitative estimate of drug-likeness (QED) is 0.392. The molecule has 0 saturated heterocycles. The summed E-state index contributed by atoms with van der Waals surface area (Å²) in [5, 5.41) is 1.77. The molecule has 2 nitrogen and oxygen atoms in total. The number of hydrogen-bond acceptors (Lipinski definition) is 3. The Kier molecular flexibility index (Phi) is 6.71. The first-order valence-electron chi connectivity index (χ1n) is 8.69. The lowest BCUT2D eigenvalue weighted by atomic mass is 9.92. The van der Waals surface area contributed by atoms with Crippen LogP contribution in [-0.2, 0) is 34.7 Å². The number of carbonyl (C=O) groups is 1. The molecule has 1 aromatic heterocycles. The van der Waals surface area contributed by atoms with Crippen molar-refractivity contribution in [3.05, 3.63) is 57.3 Å². The van der Waals surface area contributed by atoms with Crippen LogP contribution in [0.3, 0.4) is 0 Å². The summed E-state index contributed by atoms with van der Waals surface area (Å²) in [6, 6.07) is 4.88. The number of alkyl halides is 6. The van der Waals surface area contributed by atoms with Crippen LogP contribution in [0.15, 0.2) is 35.7 Å². The minimum absolute atomic E-state index is 0.0747. The van der Waals surface area contributed by atoms with Gasteiger partial charge in [0.15, 0.2) is 0 Å². The van der Waals surface area contributed by atoms with E-state index in [-0.39, 0.29) is 24.5 Å². The molecule has 0 aliphatic carbocycles. The highest BCUT2D eigenvalue weighted by atomic mass is 32.1. The first-order chi connectivity index (χ1) is 13.1. The second kappa shape index (κ2) is 8.38. The average Bonchev–Trinajstić information content (AvgIpc) is 3.03. The van der Waals surface area contributed by atoms with E-state index in [4.69, 9.17) is 4.74 Å². The van der Waals surface area contributed by atoms with Crippen molar-refractivity contribution in [1.29, 1.82) is 0 Å². The Morgan fingerprint density at radius 1 is 0.966 bits per heavy atom. The maximum atomic E-state index is 13.1. The maximum Gasteiger partial charge on any atom is 0.416 e. The van der Waals surface area contributed by atoms with Gasteiger partial charge in [-0.2, -0.15) is 26.3 Å². The minimum atomic E-state index is -4.94. The highest BCUT2D eigenvalue weighted by Crippen LogP contribution is 2.37. The highest BCUT2D eigenvalue weighted by molar-refractivity contribution is 7.09. The summed E-state index contributed by atoms with van der Waals surface area (Å²) in [6.07, 6.45) is -10.0. The van der Waals surface area contributed by atoms with E-state index < -0.39 is 41.0 Å². The molecule has 1 heterocycles. The van der Waals surface area contributed by atoms with Crippen LogP contribution in [0.4, 0.5) is 26.3 Å². The van der Waals surface area contributed by atoms with Crippen molar-refractivity contribution >= 4 is 17.3 Å². The predicted molar refractivity (Wildman–Crippen MR) is 97.5 cm³/mol. The van der Waals surface area contributed by atoms with Gasteiger partial charge in [-0.25, -0.2) is 0 Å². The zero-order valence-electron chi connectivity index (χ0n) is 15.9. The van der Waals surface area contributed by atoms with Gasteiger partial charge in [-0.05, 0) is 68.8 Å². The number of hydrogen-bond donors (Lipinski definition) is 0. The average molecular weight is 438 g/mol. The van der Waals surface area contributed by atoms with E-state index in [1.54, 1.807) is 38.3 Å². The summed E-state index contributed by atoms with van der Waals surface area (Å²) in [6.45, 7) is 4.91. The lowest BCUT2D eigenvalue weighted by Crippen LogP contribution is -2.31. The van der Waals surface area contributed by atoms with Crippen LogP contribution in [0.5, 0.6) is 0 Å². The molecule has 0 unspecified atom stereocenters. The number of esters is 1. The number of rotatable bonds is 5. The second-order valence-corrected chi connectivity index (χ2v) is 8.66. The number of carbonyl (C=O) groups excluding carboxylic acids is 1. The second-order valence-electron chi connectivity index (χ2n) is 7.63. The first-order valence-corrected chi connectivity index (χ1v) is 9.57. The fourth-order valence-corrected chi connectivity index (χ4v) is 3.50. The summed E-state index contributed by atoms with van der Waals surface area (Å²) < 4.78 is 84.0. The van der Waals surface area contributed by atoms with Gasteiger partial charge in [-0.15, -0.1) is 11.3 Å². The molecule has 29 heavy (non-hydrogen) atoms. The lowest BCUT2D eigenvalue weighted by molar-refractivity contribution is -0.159. The van der Waals surface area contributed by atoms with Gasteiger partial charge in [0.05, 0.1) is 17.0 Å². The Morgan fingerprint density at radius 2 is 1.52 bits per heavy atom. The minimum Gasteiger partial charge on any atom is -0.460 e. The summed E-state index contributed by atoms with van der Waals surface area (Å²) >= 11 is 1.34. The van der Waals surface area contributed by atoms with Gasteiger partial charge in [0.25, 0.3) is 0 Å². The maximum absolute atomic E-state index is 13.1. The predicted octanol–water partition coefficient (Wildman–Crippen LogP) is 6.53. The van der Waals surface area contributed by atoms with Crippen molar-refractivity contribution in [3.63, 3.8) is 0 Å². The van der Waals surface area contributed by atoms with E-state index >= 15 is 0 Å². The Bertz CT molecular complexity index is 800. The molecule has 9 heteroatoms. The van der Waals surface area contributed by atoms with Crippen molar-refractivity contribution in [2.45, 2.75) is 51.6 Å². The van der Waals surface area contributed by atoms with Gasteiger partial charge in [-0.3, -0.25) is 4.79 Å². The molecule has 0 spiro atoms. The molecule has 0 aliphatic rings. The molecule has 0 bridgehead atoms. The molecule has 0 aliphatic heterocycles. The third-order valence-corrected chi connectivity index (χ3v) is 4.80. The molecule has 1 atom stereocenters. The smallest absolute Gasteiger partial charge is 0.416 e. The third kappa shape index (κ3) is 7.06. The number of halogens is 6. The number of ether oxygens (including phenoxy) is 1. The van der Waals surface area contributed by atoms with Gasteiger partial charge >= 0.3 is 18.3 Å². The van der Waals surface area contributed by atoms with Crippen molar-refractivity contribution in [2.24, 2.45) is 5.92 Å².